The minimum Gasteiger partial charge on any atom is -0.101 e. The molecule has 0 aromatic heterocycles. The molecule has 0 aromatic rings. The summed E-state index contributed by atoms with van der Waals surface area (Å²) < 4.78 is -0.393. The second kappa shape index (κ2) is 3.32. The fourth-order valence-corrected chi connectivity index (χ4v) is 2.41. The van der Waals surface area contributed by atoms with E-state index in [-0.39, 0.29) is 0 Å². The predicted octanol–water partition coefficient (Wildman–Crippen LogP) is 3.76. The molecule has 60 valence electrons. The highest BCUT2D eigenvalue weighted by Crippen LogP contribution is 2.46. The van der Waals surface area contributed by atoms with Crippen LogP contribution < -0.4 is 0 Å². The largest absolute Gasteiger partial charge is 0.121 e. The average Bonchev–Trinajstić information content (AvgIpc) is 2.13. The highest BCUT2D eigenvalue weighted by Gasteiger charge is 2.38. The van der Waals surface area contributed by atoms with Crippen LogP contribution in [0.2, 0.25) is 0 Å². The van der Waals surface area contributed by atoms with Gasteiger partial charge in [-0.25, -0.2) is 0 Å². The molecule has 1 saturated carbocycles. The highest BCUT2D eigenvalue weighted by atomic mass is 35.5. The summed E-state index contributed by atoms with van der Waals surface area (Å²) >= 11 is 12.2. The smallest absolute Gasteiger partial charge is 0.101 e. The fraction of sp³-hybridized carbons (Fsp3) is 1.00. The summed E-state index contributed by atoms with van der Waals surface area (Å²) in [5.41, 5.74) is 0. The van der Waals surface area contributed by atoms with Crippen molar-refractivity contribution in [2.75, 3.05) is 0 Å². The van der Waals surface area contributed by atoms with Crippen LogP contribution in [0.5, 0.6) is 0 Å². The molecule has 1 atom stereocenters. The van der Waals surface area contributed by atoms with E-state index in [4.69, 9.17) is 23.2 Å². The number of halogens is 2. The Morgan fingerprint density at radius 3 is 2.60 bits per heavy atom. The number of hydrogen-bond donors (Lipinski definition) is 0. The van der Waals surface area contributed by atoms with E-state index in [1.54, 1.807) is 0 Å². The molecule has 2 heteroatoms. The quantitative estimate of drug-likeness (QED) is 0.569. The number of alkyl halides is 2. The third-order valence-corrected chi connectivity index (χ3v) is 3.29. The molecule has 0 aromatic carbocycles. The van der Waals surface area contributed by atoms with Gasteiger partial charge >= 0.3 is 0 Å². The lowest BCUT2D eigenvalue weighted by Gasteiger charge is -2.20. The minimum absolute atomic E-state index is 0.393. The van der Waals surface area contributed by atoms with E-state index >= 15 is 0 Å². The van der Waals surface area contributed by atoms with Crippen LogP contribution >= 0.6 is 23.2 Å². The maximum Gasteiger partial charge on any atom is 0.121 e. The van der Waals surface area contributed by atoms with Gasteiger partial charge in [-0.3, -0.25) is 0 Å². The van der Waals surface area contributed by atoms with E-state index in [9.17, 15) is 0 Å². The van der Waals surface area contributed by atoms with Gasteiger partial charge in [-0.05, 0) is 25.2 Å². The van der Waals surface area contributed by atoms with Crippen LogP contribution in [0.3, 0.4) is 0 Å². The zero-order valence-electron chi connectivity index (χ0n) is 6.37. The van der Waals surface area contributed by atoms with Crippen LogP contribution in [0, 0.1) is 5.92 Å². The van der Waals surface area contributed by atoms with Crippen molar-refractivity contribution < 1.29 is 0 Å². The fourth-order valence-electron chi connectivity index (χ4n) is 1.70. The lowest BCUT2D eigenvalue weighted by molar-refractivity contribution is 0.475. The van der Waals surface area contributed by atoms with E-state index in [0.717, 1.165) is 6.42 Å². The molecule has 0 nitrogen and oxygen atoms in total. The van der Waals surface area contributed by atoms with Crippen LogP contribution in [-0.4, -0.2) is 4.33 Å². The molecule has 0 heterocycles. The first-order valence-electron chi connectivity index (χ1n) is 4.04. The average molecular weight is 181 g/mol. The van der Waals surface area contributed by atoms with Gasteiger partial charge in [-0.1, -0.05) is 19.8 Å². The van der Waals surface area contributed by atoms with Crippen molar-refractivity contribution >= 4 is 23.2 Å². The Kier molecular flexibility index (Phi) is 2.88. The molecule has 1 fully saturated rings. The molecule has 1 aliphatic rings. The molecule has 0 amide bonds. The summed E-state index contributed by atoms with van der Waals surface area (Å²) in [5, 5.41) is 0. The van der Waals surface area contributed by atoms with E-state index < -0.39 is 4.33 Å². The van der Waals surface area contributed by atoms with Crippen molar-refractivity contribution in [1.82, 2.24) is 0 Å². The summed E-state index contributed by atoms with van der Waals surface area (Å²) in [6.45, 7) is 2.18. The summed E-state index contributed by atoms with van der Waals surface area (Å²) in [4.78, 5) is 0. The minimum atomic E-state index is -0.393. The van der Waals surface area contributed by atoms with Crippen LogP contribution in [0.1, 0.15) is 39.0 Å². The monoisotopic (exact) mass is 180 g/mol. The predicted molar refractivity (Wildman–Crippen MR) is 46.7 cm³/mol. The Balaban J connectivity index is 2.43. The number of hydrogen-bond acceptors (Lipinski definition) is 0. The summed E-state index contributed by atoms with van der Waals surface area (Å²) in [6.07, 6.45) is 5.80. The Labute approximate surface area is 72.9 Å². The molecule has 1 rings (SSSR count). The summed E-state index contributed by atoms with van der Waals surface area (Å²) in [6, 6.07) is 0. The zero-order valence-corrected chi connectivity index (χ0v) is 7.88. The molecule has 1 aliphatic carbocycles. The van der Waals surface area contributed by atoms with Crippen molar-refractivity contribution in [2.45, 2.75) is 43.4 Å². The summed E-state index contributed by atoms with van der Waals surface area (Å²) in [5.74, 6) is 0.556. The van der Waals surface area contributed by atoms with E-state index in [2.05, 4.69) is 6.92 Å². The van der Waals surface area contributed by atoms with Gasteiger partial charge in [0.1, 0.15) is 4.33 Å². The molecule has 0 aliphatic heterocycles. The lowest BCUT2D eigenvalue weighted by atomic mass is 10.0. The molecule has 0 spiro atoms. The van der Waals surface area contributed by atoms with Crippen LogP contribution in [0.15, 0.2) is 0 Å². The maximum absolute atomic E-state index is 6.08. The molecule has 0 N–H and O–H groups in total. The standard InChI is InChI=1S/C8H14Cl2/c1-2-4-7-5-3-6-8(7,9)10/h7H,2-6H2,1H3. The first-order chi connectivity index (χ1) is 4.67. The molecule has 0 saturated heterocycles. The Morgan fingerprint density at radius 2 is 2.20 bits per heavy atom. The molecule has 0 bridgehead atoms. The topological polar surface area (TPSA) is 0 Å². The van der Waals surface area contributed by atoms with Crippen LogP contribution in [-0.2, 0) is 0 Å². The summed E-state index contributed by atoms with van der Waals surface area (Å²) in [7, 11) is 0. The maximum atomic E-state index is 6.08. The van der Waals surface area contributed by atoms with Crippen molar-refractivity contribution in [3.63, 3.8) is 0 Å². The van der Waals surface area contributed by atoms with Gasteiger partial charge in [0, 0.05) is 0 Å². The van der Waals surface area contributed by atoms with E-state index in [0.29, 0.717) is 5.92 Å². The Bertz CT molecular complexity index is 110. The molecule has 0 radical (unpaired) electrons. The highest BCUT2D eigenvalue weighted by molar-refractivity contribution is 6.48. The van der Waals surface area contributed by atoms with Gasteiger partial charge < -0.3 is 0 Å². The second-order valence-corrected chi connectivity index (χ2v) is 4.68. The van der Waals surface area contributed by atoms with Crippen LogP contribution in [0.4, 0.5) is 0 Å². The molecule has 10 heavy (non-hydrogen) atoms. The number of rotatable bonds is 2. The van der Waals surface area contributed by atoms with Crippen molar-refractivity contribution in [3.8, 4) is 0 Å². The van der Waals surface area contributed by atoms with Gasteiger partial charge in [0.2, 0.25) is 0 Å². The zero-order chi connectivity index (χ0) is 7.61. The van der Waals surface area contributed by atoms with Gasteiger partial charge in [0.05, 0.1) is 0 Å². The Hall–Kier alpha value is 0.580. The third kappa shape index (κ3) is 1.79. The molecule has 1 unspecified atom stereocenters. The molecular weight excluding hydrogens is 167 g/mol. The van der Waals surface area contributed by atoms with Gasteiger partial charge in [0.25, 0.3) is 0 Å². The van der Waals surface area contributed by atoms with E-state index in [1.165, 1.54) is 25.7 Å². The van der Waals surface area contributed by atoms with Gasteiger partial charge in [-0.15, -0.1) is 23.2 Å². The second-order valence-electron chi connectivity index (χ2n) is 3.14. The van der Waals surface area contributed by atoms with Gasteiger partial charge in [-0.2, -0.15) is 0 Å². The normalized spacial score (nSPS) is 30.9. The SMILES string of the molecule is CCCC1CCCC1(Cl)Cl. The van der Waals surface area contributed by atoms with E-state index in [1.807, 2.05) is 0 Å². The van der Waals surface area contributed by atoms with Crippen molar-refractivity contribution in [3.05, 3.63) is 0 Å². The lowest BCUT2D eigenvalue weighted by Crippen LogP contribution is -2.18. The Morgan fingerprint density at radius 1 is 1.50 bits per heavy atom. The van der Waals surface area contributed by atoms with Crippen molar-refractivity contribution in [1.29, 1.82) is 0 Å². The first kappa shape index (κ1) is 8.67. The third-order valence-electron chi connectivity index (χ3n) is 2.30. The van der Waals surface area contributed by atoms with Gasteiger partial charge in [0.15, 0.2) is 0 Å². The molecular formula is C8H14Cl2. The first-order valence-corrected chi connectivity index (χ1v) is 4.80. The van der Waals surface area contributed by atoms with Crippen molar-refractivity contribution in [2.24, 2.45) is 5.92 Å². The van der Waals surface area contributed by atoms with Crippen LogP contribution in [0.25, 0.3) is 0 Å².